The molecule has 1 aliphatic heterocycles. The SMILES string of the molecule is Cc1ccccc1-n1c(SCCCN2C(=O)c3ccccc3C2=O)nnc1-c1ccncc1. The molecule has 8 heteroatoms. The fourth-order valence-electron chi connectivity index (χ4n) is 3.91. The second kappa shape index (κ2) is 8.99. The standard InChI is InChI=1S/C25H21N5O2S/c1-17-7-2-5-10-21(17)30-22(18-11-13-26-14-12-18)27-28-25(30)33-16-6-15-29-23(31)19-8-3-4-9-20(19)24(29)32/h2-5,7-14H,6,15-16H2,1H3. The van der Waals surface area contributed by atoms with Crippen molar-refractivity contribution in [2.24, 2.45) is 0 Å². The molecular weight excluding hydrogens is 434 g/mol. The molecule has 2 aromatic heterocycles. The zero-order chi connectivity index (χ0) is 22.8. The molecule has 3 heterocycles. The minimum absolute atomic E-state index is 0.219. The van der Waals surface area contributed by atoms with Gasteiger partial charge in [-0.05, 0) is 49.2 Å². The highest BCUT2D eigenvalue weighted by Crippen LogP contribution is 2.30. The lowest BCUT2D eigenvalue weighted by atomic mass is 10.1. The molecule has 5 rings (SSSR count). The van der Waals surface area contributed by atoms with Gasteiger partial charge in [-0.15, -0.1) is 10.2 Å². The van der Waals surface area contributed by atoms with Crippen molar-refractivity contribution >= 4 is 23.6 Å². The van der Waals surface area contributed by atoms with Gasteiger partial charge in [-0.2, -0.15) is 0 Å². The molecule has 0 saturated heterocycles. The molecule has 33 heavy (non-hydrogen) atoms. The van der Waals surface area contributed by atoms with Crippen molar-refractivity contribution < 1.29 is 9.59 Å². The van der Waals surface area contributed by atoms with Crippen LogP contribution in [0.5, 0.6) is 0 Å². The number of benzene rings is 2. The third kappa shape index (κ3) is 3.93. The van der Waals surface area contributed by atoms with Crippen LogP contribution in [0.2, 0.25) is 0 Å². The van der Waals surface area contributed by atoms with Crippen LogP contribution in [0.25, 0.3) is 17.1 Å². The number of nitrogens with zero attached hydrogens (tertiary/aromatic N) is 5. The van der Waals surface area contributed by atoms with Crippen molar-refractivity contribution in [2.75, 3.05) is 12.3 Å². The number of aryl methyl sites for hydroxylation is 1. The van der Waals surface area contributed by atoms with Crippen LogP contribution in [0.15, 0.2) is 78.2 Å². The maximum Gasteiger partial charge on any atom is 0.261 e. The summed E-state index contributed by atoms with van der Waals surface area (Å²) in [4.78, 5) is 30.6. The Labute approximate surface area is 195 Å². The van der Waals surface area contributed by atoms with Gasteiger partial charge in [0, 0.05) is 30.3 Å². The van der Waals surface area contributed by atoms with Gasteiger partial charge in [0.15, 0.2) is 11.0 Å². The van der Waals surface area contributed by atoms with E-state index in [4.69, 9.17) is 0 Å². The lowest BCUT2D eigenvalue weighted by Gasteiger charge is -2.14. The largest absolute Gasteiger partial charge is 0.274 e. The monoisotopic (exact) mass is 455 g/mol. The van der Waals surface area contributed by atoms with Gasteiger partial charge in [-0.1, -0.05) is 42.1 Å². The van der Waals surface area contributed by atoms with Gasteiger partial charge in [0.05, 0.1) is 16.8 Å². The van der Waals surface area contributed by atoms with Gasteiger partial charge in [0.25, 0.3) is 11.8 Å². The maximum absolute atomic E-state index is 12.6. The van der Waals surface area contributed by atoms with Crippen LogP contribution in [-0.4, -0.2) is 48.8 Å². The van der Waals surface area contributed by atoms with Gasteiger partial charge < -0.3 is 0 Å². The first kappa shape index (κ1) is 21.1. The summed E-state index contributed by atoms with van der Waals surface area (Å²) in [7, 11) is 0. The summed E-state index contributed by atoms with van der Waals surface area (Å²) in [5, 5.41) is 9.67. The van der Waals surface area contributed by atoms with Crippen molar-refractivity contribution in [3.8, 4) is 17.1 Å². The summed E-state index contributed by atoms with van der Waals surface area (Å²) < 4.78 is 2.05. The molecular formula is C25H21N5O2S. The summed E-state index contributed by atoms with van der Waals surface area (Å²) >= 11 is 1.56. The number of hydrogen-bond donors (Lipinski definition) is 0. The second-order valence-electron chi connectivity index (χ2n) is 7.67. The zero-order valence-electron chi connectivity index (χ0n) is 18.0. The van der Waals surface area contributed by atoms with E-state index in [9.17, 15) is 9.59 Å². The van der Waals surface area contributed by atoms with Gasteiger partial charge in [0.2, 0.25) is 0 Å². The normalized spacial score (nSPS) is 12.9. The third-order valence-electron chi connectivity index (χ3n) is 5.56. The summed E-state index contributed by atoms with van der Waals surface area (Å²) in [6.45, 7) is 2.43. The molecule has 0 bridgehead atoms. The third-order valence-corrected chi connectivity index (χ3v) is 6.58. The van der Waals surface area contributed by atoms with Crippen molar-refractivity contribution in [1.82, 2.24) is 24.6 Å². The predicted molar refractivity (Wildman–Crippen MR) is 126 cm³/mol. The highest BCUT2D eigenvalue weighted by Gasteiger charge is 2.34. The van der Waals surface area contributed by atoms with Crippen molar-refractivity contribution in [3.63, 3.8) is 0 Å². The van der Waals surface area contributed by atoms with E-state index in [0.717, 1.165) is 27.8 Å². The summed E-state index contributed by atoms with van der Waals surface area (Å²) in [6, 6.07) is 18.9. The fourth-order valence-corrected chi connectivity index (χ4v) is 4.78. The predicted octanol–water partition coefficient (Wildman–Crippen LogP) is 4.42. The number of thioether (sulfide) groups is 1. The molecule has 0 unspecified atom stereocenters. The smallest absolute Gasteiger partial charge is 0.261 e. The summed E-state index contributed by atoms with van der Waals surface area (Å²) in [6.07, 6.45) is 4.13. The lowest BCUT2D eigenvalue weighted by molar-refractivity contribution is 0.0655. The van der Waals surface area contributed by atoms with Crippen molar-refractivity contribution in [2.45, 2.75) is 18.5 Å². The molecule has 0 fully saturated rings. The Kier molecular flexibility index (Phi) is 5.75. The number of pyridine rings is 1. The molecule has 164 valence electrons. The van der Waals surface area contributed by atoms with Gasteiger partial charge in [-0.3, -0.25) is 24.0 Å². The molecule has 0 N–H and O–H groups in total. The molecule has 0 aliphatic carbocycles. The minimum atomic E-state index is -0.219. The van der Waals surface area contributed by atoms with E-state index < -0.39 is 0 Å². The number of para-hydroxylation sites is 1. The van der Waals surface area contributed by atoms with Crippen LogP contribution in [0.1, 0.15) is 32.7 Å². The van der Waals surface area contributed by atoms with E-state index in [-0.39, 0.29) is 11.8 Å². The molecule has 0 radical (unpaired) electrons. The molecule has 4 aromatic rings. The Morgan fingerprint density at radius 3 is 2.21 bits per heavy atom. The summed E-state index contributed by atoms with van der Waals surface area (Å²) in [5.74, 6) is 0.996. The number of imide groups is 1. The molecule has 0 atom stereocenters. The topological polar surface area (TPSA) is 81.0 Å². The van der Waals surface area contributed by atoms with Crippen LogP contribution < -0.4 is 0 Å². The van der Waals surface area contributed by atoms with Gasteiger partial charge in [-0.25, -0.2) is 0 Å². The van der Waals surface area contributed by atoms with Crippen LogP contribution in [0, 0.1) is 6.92 Å². The van der Waals surface area contributed by atoms with E-state index in [1.54, 1.807) is 48.4 Å². The average Bonchev–Trinajstić information content (AvgIpc) is 3.37. The number of aromatic nitrogens is 4. The number of amides is 2. The molecule has 7 nitrogen and oxygen atoms in total. The molecule has 2 amide bonds. The number of carbonyl (C=O) groups excluding carboxylic acids is 2. The average molecular weight is 456 g/mol. The number of rotatable bonds is 7. The number of fused-ring (bicyclic) bond motifs is 1. The highest BCUT2D eigenvalue weighted by atomic mass is 32.2. The minimum Gasteiger partial charge on any atom is -0.274 e. The summed E-state index contributed by atoms with van der Waals surface area (Å²) in [5.41, 5.74) is 4.02. The molecule has 0 saturated carbocycles. The van der Waals surface area contributed by atoms with Crippen molar-refractivity contribution in [1.29, 1.82) is 0 Å². The van der Waals surface area contributed by atoms with Crippen LogP contribution >= 0.6 is 11.8 Å². The molecule has 2 aromatic carbocycles. The first-order chi connectivity index (χ1) is 16.1. The van der Waals surface area contributed by atoms with E-state index in [2.05, 4.69) is 32.7 Å². The Bertz CT molecular complexity index is 1300. The van der Waals surface area contributed by atoms with E-state index in [1.807, 2.05) is 30.3 Å². The van der Waals surface area contributed by atoms with E-state index in [0.29, 0.717) is 29.8 Å². The van der Waals surface area contributed by atoms with Crippen molar-refractivity contribution in [3.05, 3.63) is 89.7 Å². The Hall–Kier alpha value is -3.78. The quantitative estimate of drug-likeness (QED) is 0.233. The van der Waals surface area contributed by atoms with E-state index in [1.165, 1.54) is 4.90 Å². The first-order valence-corrected chi connectivity index (χ1v) is 11.6. The van der Waals surface area contributed by atoms with E-state index >= 15 is 0 Å². The molecule has 1 aliphatic rings. The second-order valence-corrected chi connectivity index (χ2v) is 8.74. The Morgan fingerprint density at radius 1 is 0.848 bits per heavy atom. The Balaban J connectivity index is 1.34. The van der Waals surface area contributed by atoms with Gasteiger partial charge >= 0.3 is 0 Å². The molecule has 0 spiro atoms. The first-order valence-electron chi connectivity index (χ1n) is 10.6. The number of hydrogen-bond acceptors (Lipinski definition) is 6. The van der Waals surface area contributed by atoms with Gasteiger partial charge in [0.1, 0.15) is 0 Å². The lowest BCUT2D eigenvalue weighted by Crippen LogP contribution is -2.31. The number of carbonyl (C=O) groups is 2. The van der Waals surface area contributed by atoms with Crippen LogP contribution in [0.3, 0.4) is 0 Å². The fraction of sp³-hybridized carbons (Fsp3) is 0.160. The van der Waals surface area contributed by atoms with Crippen LogP contribution in [-0.2, 0) is 0 Å². The highest BCUT2D eigenvalue weighted by molar-refractivity contribution is 7.99. The van der Waals surface area contributed by atoms with Crippen LogP contribution in [0.4, 0.5) is 0 Å². The Morgan fingerprint density at radius 2 is 1.52 bits per heavy atom. The maximum atomic E-state index is 12.6. The zero-order valence-corrected chi connectivity index (χ0v) is 18.8.